The summed E-state index contributed by atoms with van der Waals surface area (Å²) in [4.78, 5) is 20.7. The normalized spacial score (nSPS) is 20.2. The molecule has 2 aliphatic rings. The van der Waals surface area contributed by atoms with Gasteiger partial charge in [-0.1, -0.05) is 6.07 Å². The minimum Gasteiger partial charge on any atom is -0.353 e. The van der Waals surface area contributed by atoms with Crippen molar-refractivity contribution in [1.82, 2.24) is 15.2 Å². The van der Waals surface area contributed by atoms with Gasteiger partial charge < -0.3 is 15.1 Å². The Bertz CT molecular complexity index is 424. The fraction of sp³-hybridized carbons (Fsp3) is 0.571. The van der Waals surface area contributed by atoms with E-state index >= 15 is 0 Å². The summed E-state index contributed by atoms with van der Waals surface area (Å²) in [6, 6.07) is 5.96. The Balaban J connectivity index is 1.50. The molecule has 2 aliphatic heterocycles. The summed E-state index contributed by atoms with van der Waals surface area (Å²) in [6.07, 6.45) is 2.52. The van der Waals surface area contributed by atoms with Crippen molar-refractivity contribution in [1.29, 1.82) is 0 Å². The summed E-state index contributed by atoms with van der Waals surface area (Å²) in [5.74, 6) is 1.88. The lowest BCUT2D eigenvalue weighted by atomic mass is 9.98. The van der Waals surface area contributed by atoms with Crippen molar-refractivity contribution < 1.29 is 4.79 Å². The van der Waals surface area contributed by atoms with Gasteiger partial charge >= 0.3 is 0 Å². The number of nitrogens with zero attached hydrogens (tertiary/aromatic N) is 3. The number of carbonyl (C=O) groups excluding carboxylic acids is 1. The lowest BCUT2D eigenvalue weighted by molar-refractivity contribution is -0.132. The van der Waals surface area contributed by atoms with Crippen LogP contribution in [0.1, 0.15) is 6.42 Å². The highest BCUT2D eigenvalue weighted by Crippen LogP contribution is 2.15. The van der Waals surface area contributed by atoms with Crippen molar-refractivity contribution in [2.45, 2.75) is 6.42 Å². The number of rotatable bonds is 3. The largest absolute Gasteiger partial charge is 0.353 e. The molecule has 19 heavy (non-hydrogen) atoms. The fourth-order valence-electron chi connectivity index (χ4n) is 2.59. The summed E-state index contributed by atoms with van der Waals surface area (Å²) in [7, 11) is 0. The molecule has 102 valence electrons. The predicted molar refractivity (Wildman–Crippen MR) is 74.0 cm³/mol. The molecule has 1 amide bonds. The molecule has 0 spiro atoms. The highest BCUT2D eigenvalue weighted by atomic mass is 16.2. The standard InChI is InChI=1S/C14H20N4O/c19-14(9-12-10-15-11-12)18-7-5-17(6-8-18)13-3-1-2-4-16-13/h1-4,12,15H,5-11H2. The van der Waals surface area contributed by atoms with Crippen molar-refractivity contribution in [3.05, 3.63) is 24.4 Å². The van der Waals surface area contributed by atoms with E-state index < -0.39 is 0 Å². The Morgan fingerprint density at radius 1 is 1.26 bits per heavy atom. The van der Waals surface area contributed by atoms with Crippen LogP contribution in [0.3, 0.4) is 0 Å². The molecular formula is C14H20N4O. The molecule has 3 heterocycles. The number of aromatic nitrogens is 1. The Kier molecular flexibility index (Phi) is 3.64. The van der Waals surface area contributed by atoms with E-state index in [0.717, 1.165) is 45.1 Å². The van der Waals surface area contributed by atoms with Gasteiger partial charge in [-0.2, -0.15) is 0 Å². The Hall–Kier alpha value is -1.62. The minimum absolute atomic E-state index is 0.312. The smallest absolute Gasteiger partial charge is 0.223 e. The van der Waals surface area contributed by atoms with Gasteiger partial charge in [0, 0.05) is 38.8 Å². The van der Waals surface area contributed by atoms with Crippen molar-refractivity contribution in [3.8, 4) is 0 Å². The number of hydrogen-bond donors (Lipinski definition) is 1. The van der Waals surface area contributed by atoms with Crippen molar-refractivity contribution in [2.75, 3.05) is 44.2 Å². The van der Waals surface area contributed by atoms with E-state index in [4.69, 9.17) is 0 Å². The van der Waals surface area contributed by atoms with Crippen LogP contribution < -0.4 is 10.2 Å². The number of amides is 1. The molecule has 0 radical (unpaired) electrons. The molecular weight excluding hydrogens is 240 g/mol. The van der Waals surface area contributed by atoms with Crippen molar-refractivity contribution >= 4 is 11.7 Å². The molecule has 0 bridgehead atoms. The van der Waals surface area contributed by atoms with E-state index in [0.29, 0.717) is 18.2 Å². The number of hydrogen-bond acceptors (Lipinski definition) is 4. The van der Waals surface area contributed by atoms with E-state index in [1.54, 1.807) is 0 Å². The van der Waals surface area contributed by atoms with Gasteiger partial charge in [-0.25, -0.2) is 4.98 Å². The maximum absolute atomic E-state index is 12.1. The lowest BCUT2D eigenvalue weighted by Crippen LogP contribution is -2.51. The van der Waals surface area contributed by atoms with Gasteiger partial charge in [0.05, 0.1) is 0 Å². The van der Waals surface area contributed by atoms with E-state index in [1.165, 1.54) is 0 Å². The van der Waals surface area contributed by atoms with Gasteiger partial charge in [0.25, 0.3) is 0 Å². The molecule has 0 saturated carbocycles. The zero-order valence-corrected chi connectivity index (χ0v) is 11.1. The van der Waals surface area contributed by atoms with Gasteiger partial charge in [0.15, 0.2) is 0 Å². The highest BCUT2D eigenvalue weighted by molar-refractivity contribution is 5.77. The van der Waals surface area contributed by atoms with E-state index in [2.05, 4.69) is 15.2 Å². The van der Waals surface area contributed by atoms with Crippen molar-refractivity contribution in [2.24, 2.45) is 5.92 Å². The third-order valence-electron chi connectivity index (χ3n) is 3.93. The second kappa shape index (κ2) is 5.57. The van der Waals surface area contributed by atoms with Gasteiger partial charge in [0.2, 0.25) is 5.91 Å². The predicted octanol–water partition coefficient (Wildman–Crippen LogP) is 0.340. The first kappa shape index (κ1) is 12.4. The van der Waals surface area contributed by atoms with Gasteiger partial charge in [-0.05, 0) is 31.1 Å². The molecule has 1 N–H and O–H groups in total. The maximum Gasteiger partial charge on any atom is 0.223 e. The van der Waals surface area contributed by atoms with Crippen LogP contribution >= 0.6 is 0 Å². The summed E-state index contributed by atoms with van der Waals surface area (Å²) in [5.41, 5.74) is 0. The fourth-order valence-corrected chi connectivity index (χ4v) is 2.59. The maximum atomic E-state index is 12.1. The number of anilines is 1. The number of carbonyl (C=O) groups is 1. The molecule has 0 aliphatic carbocycles. The average molecular weight is 260 g/mol. The second-order valence-electron chi connectivity index (χ2n) is 5.28. The first-order chi connectivity index (χ1) is 9.33. The highest BCUT2D eigenvalue weighted by Gasteiger charge is 2.26. The second-order valence-corrected chi connectivity index (χ2v) is 5.28. The summed E-state index contributed by atoms with van der Waals surface area (Å²) in [5, 5.41) is 3.21. The molecule has 5 nitrogen and oxygen atoms in total. The first-order valence-electron chi connectivity index (χ1n) is 6.97. The lowest BCUT2D eigenvalue weighted by Gasteiger charge is -2.37. The Labute approximate surface area is 113 Å². The van der Waals surface area contributed by atoms with Crippen LogP contribution in [0.4, 0.5) is 5.82 Å². The molecule has 0 aromatic carbocycles. The monoisotopic (exact) mass is 260 g/mol. The summed E-state index contributed by atoms with van der Waals surface area (Å²) in [6.45, 7) is 5.39. The van der Waals surface area contributed by atoms with Crippen LogP contribution in [0.25, 0.3) is 0 Å². The quantitative estimate of drug-likeness (QED) is 0.851. The van der Waals surface area contributed by atoms with E-state index in [-0.39, 0.29) is 0 Å². The Morgan fingerprint density at radius 2 is 2.05 bits per heavy atom. The van der Waals surface area contributed by atoms with Crippen LogP contribution in [-0.4, -0.2) is 55.1 Å². The first-order valence-corrected chi connectivity index (χ1v) is 6.97. The average Bonchev–Trinajstić information content (AvgIpc) is 2.44. The third-order valence-corrected chi connectivity index (χ3v) is 3.93. The summed E-state index contributed by atoms with van der Waals surface area (Å²) < 4.78 is 0. The molecule has 2 saturated heterocycles. The zero-order valence-electron chi connectivity index (χ0n) is 11.1. The molecule has 0 unspecified atom stereocenters. The topological polar surface area (TPSA) is 48.5 Å². The molecule has 3 rings (SSSR count). The molecule has 1 aromatic rings. The molecule has 5 heteroatoms. The summed E-state index contributed by atoms with van der Waals surface area (Å²) >= 11 is 0. The van der Waals surface area contributed by atoms with Crippen molar-refractivity contribution in [3.63, 3.8) is 0 Å². The number of piperazine rings is 1. The molecule has 1 aromatic heterocycles. The van der Waals surface area contributed by atoms with Gasteiger partial charge in [0.1, 0.15) is 5.82 Å². The van der Waals surface area contributed by atoms with Crippen LogP contribution in [-0.2, 0) is 4.79 Å². The van der Waals surface area contributed by atoms with Crippen LogP contribution in [0, 0.1) is 5.92 Å². The van der Waals surface area contributed by atoms with Gasteiger partial charge in [-0.15, -0.1) is 0 Å². The van der Waals surface area contributed by atoms with Crippen LogP contribution in [0.2, 0.25) is 0 Å². The minimum atomic E-state index is 0.312. The van der Waals surface area contributed by atoms with E-state index in [1.807, 2.05) is 29.3 Å². The van der Waals surface area contributed by atoms with Gasteiger partial charge in [-0.3, -0.25) is 4.79 Å². The van der Waals surface area contributed by atoms with E-state index in [9.17, 15) is 4.79 Å². The Morgan fingerprint density at radius 3 is 2.63 bits per heavy atom. The number of pyridine rings is 1. The van der Waals surface area contributed by atoms with Crippen LogP contribution in [0.5, 0.6) is 0 Å². The number of nitrogens with one attached hydrogen (secondary N) is 1. The molecule has 0 atom stereocenters. The van der Waals surface area contributed by atoms with Crippen LogP contribution in [0.15, 0.2) is 24.4 Å². The zero-order chi connectivity index (χ0) is 13.1. The molecule has 2 fully saturated rings. The SMILES string of the molecule is O=C(CC1CNC1)N1CCN(c2ccccn2)CC1. The third kappa shape index (κ3) is 2.87.